The molecule has 3 nitrogen and oxygen atoms in total. The first-order valence-corrected chi connectivity index (χ1v) is 8.27. The van der Waals surface area contributed by atoms with Gasteiger partial charge in [-0.3, -0.25) is 0 Å². The number of thioether (sulfide) groups is 1. The molecule has 1 rings (SSSR count). The fraction of sp³-hybridized carbons (Fsp3) is 0.643. The van der Waals surface area contributed by atoms with E-state index in [0.717, 1.165) is 24.3 Å². The molecule has 5 heteroatoms. The Bertz CT molecular complexity index is 387. The molecule has 0 aliphatic heterocycles. The van der Waals surface area contributed by atoms with E-state index in [4.69, 9.17) is 17.3 Å². The summed E-state index contributed by atoms with van der Waals surface area (Å²) in [4.78, 5) is 4.15. The lowest BCUT2D eigenvalue weighted by molar-refractivity contribution is 0.577. The van der Waals surface area contributed by atoms with Gasteiger partial charge in [0, 0.05) is 28.8 Å². The van der Waals surface area contributed by atoms with Crippen LogP contribution in [0.1, 0.15) is 45.2 Å². The van der Waals surface area contributed by atoms with Gasteiger partial charge in [-0.1, -0.05) is 32.4 Å². The molecule has 19 heavy (non-hydrogen) atoms. The van der Waals surface area contributed by atoms with Gasteiger partial charge >= 0.3 is 0 Å². The van der Waals surface area contributed by atoms with Gasteiger partial charge in [0.2, 0.25) is 0 Å². The molecule has 1 aromatic heterocycles. The van der Waals surface area contributed by atoms with Crippen LogP contribution in [0.15, 0.2) is 12.3 Å². The monoisotopic (exact) mass is 301 g/mol. The van der Waals surface area contributed by atoms with Gasteiger partial charge in [-0.15, -0.1) is 0 Å². The summed E-state index contributed by atoms with van der Waals surface area (Å²) < 4.78 is 0. The molecule has 0 aliphatic carbocycles. The maximum atomic E-state index is 6.03. The van der Waals surface area contributed by atoms with E-state index in [-0.39, 0.29) is 6.04 Å². The third kappa shape index (κ3) is 5.59. The Morgan fingerprint density at radius 1 is 1.47 bits per heavy atom. The lowest BCUT2D eigenvalue weighted by Gasteiger charge is -2.21. The van der Waals surface area contributed by atoms with Crippen molar-refractivity contribution in [3.63, 3.8) is 0 Å². The number of nitrogens with zero attached hydrogens (tertiary/aromatic N) is 1. The molecule has 0 amide bonds. The topological polar surface area (TPSA) is 50.9 Å². The minimum atomic E-state index is 0.213. The first-order valence-electron chi connectivity index (χ1n) is 6.84. The van der Waals surface area contributed by atoms with Gasteiger partial charge in [-0.2, -0.15) is 11.8 Å². The van der Waals surface area contributed by atoms with Crippen LogP contribution in [0.2, 0.25) is 5.02 Å². The second-order valence-electron chi connectivity index (χ2n) is 4.69. The van der Waals surface area contributed by atoms with Crippen molar-refractivity contribution in [2.24, 2.45) is 0 Å². The molecule has 2 unspecified atom stereocenters. The minimum Gasteiger partial charge on any atom is -0.383 e. The first-order chi connectivity index (χ1) is 9.08. The third-order valence-electron chi connectivity index (χ3n) is 3.05. The lowest BCUT2D eigenvalue weighted by atomic mass is 10.1. The van der Waals surface area contributed by atoms with E-state index in [9.17, 15) is 0 Å². The normalized spacial score (nSPS) is 14.3. The average molecular weight is 302 g/mol. The molecule has 0 saturated carbocycles. The number of hydrogen-bond acceptors (Lipinski definition) is 4. The van der Waals surface area contributed by atoms with Gasteiger partial charge in [0.15, 0.2) is 0 Å². The molecule has 1 heterocycles. The van der Waals surface area contributed by atoms with Crippen LogP contribution < -0.4 is 11.1 Å². The van der Waals surface area contributed by atoms with Gasteiger partial charge in [0.1, 0.15) is 5.82 Å². The predicted molar refractivity (Wildman–Crippen MR) is 86.9 cm³/mol. The second-order valence-corrected chi connectivity index (χ2v) is 6.59. The van der Waals surface area contributed by atoms with Crippen molar-refractivity contribution in [2.75, 3.05) is 18.0 Å². The van der Waals surface area contributed by atoms with E-state index in [1.165, 1.54) is 6.42 Å². The van der Waals surface area contributed by atoms with Crippen molar-refractivity contribution in [2.45, 2.75) is 44.9 Å². The van der Waals surface area contributed by atoms with Gasteiger partial charge in [0.05, 0.1) is 5.02 Å². The van der Waals surface area contributed by atoms with Gasteiger partial charge in [-0.05, 0) is 25.5 Å². The number of nitrogens with two attached hydrogens (primary N) is 1. The maximum Gasteiger partial charge on any atom is 0.128 e. The van der Waals surface area contributed by atoms with E-state index < -0.39 is 0 Å². The number of rotatable bonds is 8. The van der Waals surface area contributed by atoms with Gasteiger partial charge in [-0.25, -0.2) is 4.98 Å². The number of nitrogens with one attached hydrogen (secondary N) is 1. The van der Waals surface area contributed by atoms with Crippen LogP contribution in [0, 0.1) is 0 Å². The maximum absolute atomic E-state index is 6.03. The highest BCUT2D eigenvalue weighted by Crippen LogP contribution is 2.27. The summed E-state index contributed by atoms with van der Waals surface area (Å²) >= 11 is 7.99. The Morgan fingerprint density at radius 2 is 2.21 bits per heavy atom. The van der Waals surface area contributed by atoms with Gasteiger partial charge in [0.25, 0.3) is 0 Å². The zero-order chi connectivity index (χ0) is 14.3. The van der Waals surface area contributed by atoms with Crippen LogP contribution in [0.5, 0.6) is 0 Å². The SMILES string of the molecule is CCCNC(CSC(C)CC)c1cc(Cl)cnc1N. The number of halogens is 1. The Balaban J connectivity index is 2.79. The first kappa shape index (κ1) is 16.6. The summed E-state index contributed by atoms with van der Waals surface area (Å²) in [6.45, 7) is 7.59. The summed E-state index contributed by atoms with van der Waals surface area (Å²) in [5, 5.41) is 4.83. The highest BCUT2D eigenvalue weighted by Gasteiger charge is 2.16. The molecular formula is C14H24ClN3S. The Labute approximate surface area is 125 Å². The largest absolute Gasteiger partial charge is 0.383 e. The Hall–Kier alpha value is -0.450. The van der Waals surface area contributed by atoms with Crippen molar-refractivity contribution in [3.8, 4) is 0 Å². The van der Waals surface area contributed by atoms with Crippen LogP contribution in [-0.2, 0) is 0 Å². The van der Waals surface area contributed by atoms with Crippen LogP contribution in [0.25, 0.3) is 0 Å². The fourth-order valence-corrected chi connectivity index (χ4v) is 2.92. The Morgan fingerprint density at radius 3 is 2.84 bits per heavy atom. The quantitative estimate of drug-likeness (QED) is 0.765. The lowest BCUT2D eigenvalue weighted by Crippen LogP contribution is -2.26. The van der Waals surface area contributed by atoms with E-state index in [0.29, 0.717) is 16.1 Å². The average Bonchev–Trinajstić information content (AvgIpc) is 2.41. The molecule has 0 bridgehead atoms. The van der Waals surface area contributed by atoms with Crippen LogP contribution >= 0.6 is 23.4 Å². The predicted octanol–water partition coefficient (Wildman–Crippen LogP) is 3.89. The molecule has 0 aliphatic rings. The molecule has 0 radical (unpaired) electrons. The van der Waals surface area contributed by atoms with E-state index in [2.05, 4.69) is 31.1 Å². The van der Waals surface area contributed by atoms with Crippen molar-refractivity contribution >= 4 is 29.2 Å². The summed E-state index contributed by atoms with van der Waals surface area (Å²) in [7, 11) is 0. The van der Waals surface area contributed by atoms with Crippen LogP contribution in [0.4, 0.5) is 5.82 Å². The third-order valence-corrected chi connectivity index (χ3v) is 4.69. The molecule has 2 atom stereocenters. The highest BCUT2D eigenvalue weighted by molar-refractivity contribution is 7.99. The van der Waals surface area contributed by atoms with Crippen LogP contribution in [-0.4, -0.2) is 22.5 Å². The molecule has 3 N–H and O–H groups in total. The molecule has 0 saturated heterocycles. The molecule has 1 aromatic rings. The highest BCUT2D eigenvalue weighted by atomic mass is 35.5. The van der Waals surface area contributed by atoms with Crippen molar-refractivity contribution < 1.29 is 0 Å². The molecule has 108 valence electrons. The summed E-state index contributed by atoms with van der Waals surface area (Å²) in [6.07, 6.45) is 3.87. The zero-order valence-corrected chi connectivity index (χ0v) is 13.5. The summed E-state index contributed by atoms with van der Waals surface area (Å²) in [5.41, 5.74) is 6.99. The van der Waals surface area contributed by atoms with Crippen LogP contribution in [0.3, 0.4) is 0 Å². The number of nitrogen functional groups attached to an aromatic ring is 1. The Kier molecular flexibility index (Phi) is 7.57. The van der Waals surface area contributed by atoms with E-state index in [1.807, 2.05) is 17.8 Å². The fourth-order valence-electron chi connectivity index (χ4n) is 1.70. The van der Waals surface area contributed by atoms with Crippen molar-refractivity contribution in [1.29, 1.82) is 0 Å². The smallest absolute Gasteiger partial charge is 0.128 e. The van der Waals surface area contributed by atoms with Crippen molar-refractivity contribution in [3.05, 3.63) is 22.8 Å². The number of anilines is 1. The second kappa shape index (κ2) is 8.67. The summed E-state index contributed by atoms with van der Waals surface area (Å²) in [5.74, 6) is 1.56. The molecule has 0 fully saturated rings. The number of hydrogen-bond donors (Lipinski definition) is 2. The van der Waals surface area contributed by atoms with Gasteiger partial charge < -0.3 is 11.1 Å². The number of pyridine rings is 1. The number of aromatic nitrogens is 1. The molecule has 0 aromatic carbocycles. The van der Waals surface area contributed by atoms with E-state index >= 15 is 0 Å². The minimum absolute atomic E-state index is 0.213. The summed E-state index contributed by atoms with van der Waals surface area (Å²) in [6, 6.07) is 2.14. The van der Waals surface area contributed by atoms with Crippen molar-refractivity contribution in [1.82, 2.24) is 10.3 Å². The standard InChI is InChI=1S/C14H24ClN3S/c1-4-6-17-13(9-19-10(3)5-2)12-7-11(15)8-18-14(12)16/h7-8,10,13,17H,4-6,9H2,1-3H3,(H2,16,18). The zero-order valence-electron chi connectivity index (χ0n) is 11.9. The molecule has 0 spiro atoms. The molecular weight excluding hydrogens is 278 g/mol. The van der Waals surface area contributed by atoms with E-state index in [1.54, 1.807) is 6.20 Å².